The molecule has 0 unspecified atom stereocenters. The van der Waals surface area contributed by atoms with Crippen molar-refractivity contribution in [1.29, 1.82) is 0 Å². The first-order chi connectivity index (χ1) is 15.7. The minimum absolute atomic E-state index is 0.511. The Hall–Kier alpha value is -4.24. The van der Waals surface area contributed by atoms with Gasteiger partial charge in [-0.1, -0.05) is 66.7 Å². The molecule has 1 aliphatic rings. The van der Waals surface area contributed by atoms with Crippen LogP contribution in [0.2, 0.25) is 0 Å². The number of nitrogen functional groups attached to an aromatic ring is 2. The molecule has 5 aromatic carbocycles. The maximum absolute atomic E-state index is 6.09. The predicted octanol–water partition coefficient (Wildman–Crippen LogP) is 6.44. The lowest BCUT2D eigenvalue weighted by Crippen LogP contribution is -2.35. The van der Waals surface area contributed by atoms with Gasteiger partial charge in [0.2, 0.25) is 0 Å². The van der Waals surface area contributed by atoms with Crippen LogP contribution in [0.25, 0.3) is 10.8 Å². The minimum atomic E-state index is -0.511. The fraction of sp³-hybridized carbons (Fsp3) is 0.0345. The molecule has 1 aliphatic heterocycles. The number of para-hydroxylation sites is 1. The summed E-state index contributed by atoms with van der Waals surface area (Å²) in [5.41, 5.74) is 20.1. The van der Waals surface area contributed by atoms with E-state index in [0.717, 1.165) is 22.7 Å². The molecule has 0 spiro atoms. The van der Waals surface area contributed by atoms with E-state index >= 15 is 0 Å². The normalized spacial score (nSPS) is 13.8. The van der Waals surface area contributed by atoms with Crippen molar-refractivity contribution in [3.05, 3.63) is 131 Å². The van der Waals surface area contributed by atoms with Crippen LogP contribution in [0.15, 0.2) is 109 Å². The zero-order valence-corrected chi connectivity index (χ0v) is 17.5. The molecule has 0 saturated heterocycles. The van der Waals surface area contributed by atoms with Crippen molar-refractivity contribution in [3.8, 4) is 0 Å². The topological polar surface area (TPSA) is 64.1 Å². The zero-order chi connectivity index (χ0) is 21.7. The summed E-state index contributed by atoms with van der Waals surface area (Å²) in [4.78, 5) is 0. The Morgan fingerprint density at radius 3 is 1.66 bits per heavy atom. The summed E-state index contributed by atoms with van der Waals surface area (Å²) in [5, 5.41) is 6.12. The van der Waals surface area contributed by atoms with Gasteiger partial charge in [0.25, 0.3) is 0 Å². The van der Waals surface area contributed by atoms with E-state index in [-0.39, 0.29) is 0 Å². The lowest BCUT2D eigenvalue weighted by molar-refractivity contribution is 0.742. The maximum Gasteiger partial charge on any atom is 0.0742 e. The molecular weight excluding hydrogens is 390 g/mol. The first-order valence-corrected chi connectivity index (χ1v) is 10.8. The van der Waals surface area contributed by atoms with Gasteiger partial charge in [-0.2, -0.15) is 0 Å². The Kier molecular flexibility index (Phi) is 3.99. The number of fused-ring (bicyclic) bond motifs is 3. The highest BCUT2D eigenvalue weighted by atomic mass is 14.9. The van der Waals surface area contributed by atoms with Gasteiger partial charge in [-0.05, 0) is 75.5 Å². The number of anilines is 4. The molecule has 0 bridgehead atoms. The summed E-state index contributed by atoms with van der Waals surface area (Å²) in [6, 6.07) is 38.2. The van der Waals surface area contributed by atoms with Gasteiger partial charge in [-0.25, -0.2) is 0 Å². The molecule has 0 aliphatic carbocycles. The minimum Gasteiger partial charge on any atom is -0.399 e. The summed E-state index contributed by atoms with van der Waals surface area (Å²) >= 11 is 0. The highest BCUT2D eigenvalue weighted by Crippen LogP contribution is 2.54. The fourth-order valence-electron chi connectivity index (χ4n) is 5.12. The molecule has 1 heterocycles. The third-order valence-electron chi connectivity index (χ3n) is 6.58. The smallest absolute Gasteiger partial charge is 0.0742 e. The van der Waals surface area contributed by atoms with Crippen LogP contribution >= 0.6 is 0 Å². The van der Waals surface area contributed by atoms with Crippen LogP contribution in [-0.4, -0.2) is 0 Å². The molecule has 5 aromatic rings. The van der Waals surface area contributed by atoms with Crippen molar-refractivity contribution >= 4 is 33.5 Å². The first-order valence-electron chi connectivity index (χ1n) is 10.8. The molecule has 32 heavy (non-hydrogen) atoms. The molecule has 3 nitrogen and oxygen atoms in total. The standard InChI is InChI=1S/C29H23N3/c30-23-13-9-21(10-14-23)29(22-11-15-24(31)16-12-22)25-7-3-4-8-27(25)32-28-18-20-6-2-1-5-19(20)17-26(28)29/h1-18,32H,30-31H2. The number of benzene rings is 5. The van der Waals surface area contributed by atoms with Gasteiger partial charge in [0, 0.05) is 22.7 Å². The Morgan fingerprint density at radius 2 is 1.03 bits per heavy atom. The second-order valence-electron chi connectivity index (χ2n) is 8.41. The summed E-state index contributed by atoms with van der Waals surface area (Å²) in [6.45, 7) is 0. The van der Waals surface area contributed by atoms with Crippen molar-refractivity contribution in [2.45, 2.75) is 5.41 Å². The van der Waals surface area contributed by atoms with Gasteiger partial charge in [0.15, 0.2) is 0 Å². The van der Waals surface area contributed by atoms with Crippen LogP contribution < -0.4 is 16.8 Å². The highest BCUT2D eigenvalue weighted by Gasteiger charge is 2.44. The number of rotatable bonds is 2. The third kappa shape index (κ3) is 2.61. The molecule has 0 atom stereocenters. The monoisotopic (exact) mass is 413 g/mol. The predicted molar refractivity (Wildman–Crippen MR) is 134 cm³/mol. The SMILES string of the molecule is Nc1ccc(C2(c3ccc(N)cc3)c3ccccc3Nc3cc4ccccc4cc32)cc1. The fourth-order valence-corrected chi connectivity index (χ4v) is 5.12. The van der Waals surface area contributed by atoms with Gasteiger partial charge >= 0.3 is 0 Å². The molecule has 0 amide bonds. The van der Waals surface area contributed by atoms with Crippen molar-refractivity contribution in [1.82, 2.24) is 0 Å². The average molecular weight is 414 g/mol. The van der Waals surface area contributed by atoms with Gasteiger partial charge in [-0.15, -0.1) is 0 Å². The van der Waals surface area contributed by atoms with Gasteiger partial charge < -0.3 is 16.8 Å². The van der Waals surface area contributed by atoms with Crippen molar-refractivity contribution in [2.75, 3.05) is 16.8 Å². The highest BCUT2D eigenvalue weighted by molar-refractivity contribution is 5.93. The Balaban J connectivity index is 1.80. The molecule has 3 heteroatoms. The summed E-state index contributed by atoms with van der Waals surface area (Å²) in [7, 11) is 0. The summed E-state index contributed by atoms with van der Waals surface area (Å²) in [5.74, 6) is 0. The van der Waals surface area contributed by atoms with Gasteiger partial charge in [0.1, 0.15) is 0 Å². The molecule has 0 saturated carbocycles. The molecular formula is C29H23N3. The number of nitrogens with two attached hydrogens (primary N) is 2. The molecule has 0 radical (unpaired) electrons. The summed E-state index contributed by atoms with van der Waals surface area (Å²) in [6.07, 6.45) is 0. The van der Waals surface area contributed by atoms with E-state index in [1.807, 2.05) is 24.3 Å². The van der Waals surface area contributed by atoms with Crippen LogP contribution in [0, 0.1) is 0 Å². The van der Waals surface area contributed by atoms with E-state index in [0.29, 0.717) is 0 Å². The molecule has 154 valence electrons. The van der Waals surface area contributed by atoms with Crippen molar-refractivity contribution in [3.63, 3.8) is 0 Å². The van der Waals surface area contributed by atoms with Crippen LogP contribution in [0.1, 0.15) is 22.3 Å². The van der Waals surface area contributed by atoms with Crippen molar-refractivity contribution in [2.24, 2.45) is 0 Å². The quantitative estimate of drug-likeness (QED) is 0.286. The number of hydrogen-bond donors (Lipinski definition) is 3. The van der Waals surface area contributed by atoms with Crippen LogP contribution in [0.5, 0.6) is 0 Å². The second-order valence-corrected chi connectivity index (χ2v) is 8.41. The lowest BCUT2D eigenvalue weighted by Gasteiger charge is -2.42. The number of nitrogens with one attached hydrogen (secondary N) is 1. The Bertz CT molecular complexity index is 1410. The Labute approximate surface area is 187 Å². The lowest BCUT2D eigenvalue weighted by atomic mass is 9.62. The van der Waals surface area contributed by atoms with Crippen LogP contribution in [0.3, 0.4) is 0 Å². The Morgan fingerprint density at radius 1 is 0.500 bits per heavy atom. The third-order valence-corrected chi connectivity index (χ3v) is 6.58. The zero-order valence-electron chi connectivity index (χ0n) is 17.5. The largest absolute Gasteiger partial charge is 0.399 e. The van der Waals surface area contributed by atoms with E-state index < -0.39 is 5.41 Å². The first kappa shape index (κ1) is 18.5. The van der Waals surface area contributed by atoms with E-state index in [4.69, 9.17) is 11.5 Å². The molecule has 0 fully saturated rings. The second kappa shape index (κ2) is 6.89. The van der Waals surface area contributed by atoms with E-state index in [1.165, 1.54) is 33.0 Å². The van der Waals surface area contributed by atoms with Gasteiger partial charge in [0.05, 0.1) is 5.41 Å². The summed E-state index contributed by atoms with van der Waals surface area (Å²) < 4.78 is 0. The van der Waals surface area contributed by atoms with Crippen molar-refractivity contribution < 1.29 is 0 Å². The van der Waals surface area contributed by atoms with Crippen LogP contribution in [-0.2, 0) is 5.41 Å². The molecule has 6 rings (SSSR count). The van der Waals surface area contributed by atoms with E-state index in [1.54, 1.807) is 0 Å². The van der Waals surface area contributed by atoms with Crippen LogP contribution in [0.4, 0.5) is 22.7 Å². The maximum atomic E-state index is 6.09. The molecule has 0 aromatic heterocycles. The number of hydrogen-bond acceptors (Lipinski definition) is 3. The average Bonchev–Trinajstić information content (AvgIpc) is 2.83. The van der Waals surface area contributed by atoms with Gasteiger partial charge in [-0.3, -0.25) is 0 Å². The van der Waals surface area contributed by atoms with E-state index in [2.05, 4.69) is 90.2 Å². The molecule has 5 N–H and O–H groups in total. The van der Waals surface area contributed by atoms with E-state index in [9.17, 15) is 0 Å².